The summed E-state index contributed by atoms with van der Waals surface area (Å²) in [5.74, 6) is -0.336. The van der Waals surface area contributed by atoms with Gasteiger partial charge >= 0.3 is 0 Å². The van der Waals surface area contributed by atoms with Crippen molar-refractivity contribution in [3.63, 3.8) is 0 Å². The lowest BCUT2D eigenvalue weighted by Gasteiger charge is -2.34. The molecule has 2 aromatic rings. The molecular formula is C21H25N3O6S2. The molecule has 11 heteroatoms. The standard InChI is InChI=1S/C21H25N3O6S2/c1-15-4-7-19(14-20(15)21(26)24-12-10-23(11-13-24)16(2)25)32(29,30)22-17-5-8-18(9-6-17)31(3,27)28/h4-9,14,22H,10-13H2,1-3H3. The molecule has 2 aromatic carbocycles. The largest absolute Gasteiger partial charge is 0.339 e. The van der Waals surface area contributed by atoms with Gasteiger partial charge in [-0.25, -0.2) is 16.8 Å². The van der Waals surface area contributed by atoms with Crippen molar-refractivity contribution < 1.29 is 26.4 Å². The third kappa shape index (κ3) is 5.28. The summed E-state index contributed by atoms with van der Waals surface area (Å²) in [5, 5.41) is 0. The first-order valence-electron chi connectivity index (χ1n) is 9.87. The number of rotatable bonds is 5. The van der Waals surface area contributed by atoms with Crippen LogP contribution >= 0.6 is 0 Å². The molecule has 0 radical (unpaired) electrons. The minimum Gasteiger partial charge on any atom is -0.339 e. The van der Waals surface area contributed by atoms with Crippen molar-refractivity contribution in [1.82, 2.24) is 9.80 Å². The van der Waals surface area contributed by atoms with Gasteiger partial charge in [-0.3, -0.25) is 14.3 Å². The number of hydrogen-bond acceptors (Lipinski definition) is 6. The Hall–Kier alpha value is -2.92. The first kappa shape index (κ1) is 23.7. The van der Waals surface area contributed by atoms with Gasteiger partial charge in [0.15, 0.2) is 9.84 Å². The molecule has 32 heavy (non-hydrogen) atoms. The van der Waals surface area contributed by atoms with Crippen LogP contribution < -0.4 is 4.72 Å². The van der Waals surface area contributed by atoms with Crippen LogP contribution in [0.25, 0.3) is 0 Å². The van der Waals surface area contributed by atoms with Crippen molar-refractivity contribution in [3.8, 4) is 0 Å². The fourth-order valence-corrected chi connectivity index (χ4v) is 5.09. The second-order valence-electron chi connectivity index (χ2n) is 7.68. The van der Waals surface area contributed by atoms with Gasteiger partial charge < -0.3 is 9.80 Å². The lowest BCUT2D eigenvalue weighted by Crippen LogP contribution is -2.50. The quantitative estimate of drug-likeness (QED) is 0.694. The molecule has 172 valence electrons. The van der Waals surface area contributed by atoms with Crippen LogP contribution in [-0.4, -0.2) is 70.9 Å². The van der Waals surface area contributed by atoms with Crippen LogP contribution in [0.4, 0.5) is 5.69 Å². The van der Waals surface area contributed by atoms with Crippen LogP contribution in [0.15, 0.2) is 52.3 Å². The van der Waals surface area contributed by atoms with E-state index < -0.39 is 19.9 Å². The van der Waals surface area contributed by atoms with E-state index in [0.29, 0.717) is 31.7 Å². The number of benzene rings is 2. The fraction of sp³-hybridized carbons (Fsp3) is 0.333. The van der Waals surface area contributed by atoms with E-state index in [1.54, 1.807) is 22.8 Å². The molecule has 0 saturated carbocycles. The van der Waals surface area contributed by atoms with Gasteiger partial charge in [-0.2, -0.15) is 0 Å². The second kappa shape index (κ2) is 8.91. The van der Waals surface area contributed by atoms with Crippen molar-refractivity contribution in [3.05, 3.63) is 53.6 Å². The Morgan fingerprint density at radius 2 is 1.38 bits per heavy atom. The molecule has 2 amide bonds. The average Bonchev–Trinajstić information content (AvgIpc) is 2.73. The van der Waals surface area contributed by atoms with Crippen LogP contribution in [-0.2, 0) is 24.7 Å². The Morgan fingerprint density at radius 1 is 0.844 bits per heavy atom. The van der Waals surface area contributed by atoms with Gasteiger partial charge in [0.05, 0.1) is 9.79 Å². The summed E-state index contributed by atoms with van der Waals surface area (Å²) in [6.07, 6.45) is 1.07. The topological polar surface area (TPSA) is 121 Å². The van der Waals surface area contributed by atoms with Crippen LogP contribution in [0.2, 0.25) is 0 Å². The highest BCUT2D eigenvalue weighted by Gasteiger charge is 2.26. The number of piperazine rings is 1. The first-order valence-corrected chi connectivity index (χ1v) is 13.2. The zero-order valence-electron chi connectivity index (χ0n) is 18.0. The number of nitrogens with one attached hydrogen (secondary N) is 1. The smallest absolute Gasteiger partial charge is 0.261 e. The highest BCUT2D eigenvalue weighted by atomic mass is 32.2. The Morgan fingerprint density at radius 3 is 1.91 bits per heavy atom. The number of anilines is 1. The van der Waals surface area contributed by atoms with E-state index in [9.17, 15) is 26.4 Å². The molecule has 0 aliphatic carbocycles. The predicted molar refractivity (Wildman–Crippen MR) is 120 cm³/mol. The Kier molecular flexibility index (Phi) is 6.61. The number of aryl methyl sites for hydroxylation is 1. The molecule has 1 heterocycles. The summed E-state index contributed by atoms with van der Waals surface area (Å²) in [6, 6.07) is 9.68. The maximum Gasteiger partial charge on any atom is 0.261 e. The molecule has 0 bridgehead atoms. The van der Waals surface area contributed by atoms with Gasteiger partial charge in [-0.05, 0) is 48.9 Å². The van der Waals surface area contributed by atoms with Crippen LogP contribution in [0, 0.1) is 6.92 Å². The molecule has 9 nitrogen and oxygen atoms in total. The molecule has 0 aromatic heterocycles. The summed E-state index contributed by atoms with van der Waals surface area (Å²) in [7, 11) is -7.40. The fourth-order valence-electron chi connectivity index (χ4n) is 3.38. The van der Waals surface area contributed by atoms with Gasteiger partial charge in [0.2, 0.25) is 5.91 Å². The van der Waals surface area contributed by atoms with Crippen molar-refractivity contribution in [2.45, 2.75) is 23.6 Å². The van der Waals surface area contributed by atoms with E-state index in [1.165, 1.54) is 43.3 Å². The summed E-state index contributed by atoms with van der Waals surface area (Å²) in [4.78, 5) is 27.8. The van der Waals surface area contributed by atoms with Crippen LogP contribution in [0.1, 0.15) is 22.8 Å². The average molecular weight is 480 g/mol. The number of nitrogens with zero attached hydrogens (tertiary/aromatic N) is 2. The van der Waals surface area contributed by atoms with E-state index in [4.69, 9.17) is 0 Å². The van der Waals surface area contributed by atoms with Crippen LogP contribution in [0.5, 0.6) is 0 Å². The van der Waals surface area contributed by atoms with Gasteiger partial charge in [0.25, 0.3) is 15.9 Å². The summed E-state index contributed by atoms with van der Waals surface area (Å²) >= 11 is 0. The van der Waals surface area contributed by atoms with E-state index in [2.05, 4.69) is 4.72 Å². The highest BCUT2D eigenvalue weighted by Crippen LogP contribution is 2.22. The van der Waals surface area contributed by atoms with Gasteiger partial charge in [-0.15, -0.1) is 0 Å². The maximum absolute atomic E-state index is 13.0. The zero-order chi connectivity index (χ0) is 23.7. The maximum atomic E-state index is 13.0. The number of hydrogen-bond donors (Lipinski definition) is 1. The third-order valence-electron chi connectivity index (χ3n) is 5.30. The number of carbonyl (C=O) groups excluding carboxylic acids is 2. The number of carbonyl (C=O) groups is 2. The minimum atomic E-state index is -4.01. The van der Waals surface area contributed by atoms with E-state index in [0.717, 1.165) is 6.26 Å². The Bertz CT molecular complexity index is 1250. The zero-order valence-corrected chi connectivity index (χ0v) is 19.7. The Labute approximate surface area is 188 Å². The SMILES string of the molecule is CC(=O)N1CCN(C(=O)c2cc(S(=O)(=O)Nc3ccc(S(C)(=O)=O)cc3)ccc2C)CC1. The number of sulfone groups is 1. The molecule has 1 aliphatic rings. The molecule has 0 spiro atoms. The molecule has 1 N–H and O–H groups in total. The van der Waals surface area contributed by atoms with Gasteiger partial charge in [0.1, 0.15) is 0 Å². The number of amides is 2. The normalized spacial score (nSPS) is 14.8. The molecule has 3 rings (SSSR count). The van der Waals surface area contributed by atoms with Crippen molar-refractivity contribution in [1.29, 1.82) is 0 Å². The molecule has 1 saturated heterocycles. The molecule has 0 unspecified atom stereocenters. The highest BCUT2D eigenvalue weighted by molar-refractivity contribution is 7.92. The van der Waals surface area contributed by atoms with E-state index in [1.807, 2.05) is 0 Å². The second-order valence-corrected chi connectivity index (χ2v) is 11.4. The monoisotopic (exact) mass is 479 g/mol. The van der Waals surface area contributed by atoms with E-state index in [-0.39, 0.29) is 32.9 Å². The molecule has 0 atom stereocenters. The lowest BCUT2D eigenvalue weighted by molar-refractivity contribution is -0.130. The molecule has 1 fully saturated rings. The first-order chi connectivity index (χ1) is 14.9. The third-order valence-corrected chi connectivity index (χ3v) is 7.80. The number of sulfonamides is 1. The summed E-state index contributed by atoms with van der Waals surface area (Å²) < 4.78 is 51.3. The van der Waals surface area contributed by atoms with Crippen molar-refractivity contribution >= 4 is 37.4 Å². The summed E-state index contributed by atoms with van der Waals surface area (Å²) in [5.41, 5.74) is 1.11. The predicted octanol–water partition coefficient (Wildman–Crippen LogP) is 1.50. The molecular weight excluding hydrogens is 454 g/mol. The van der Waals surface area contributed by atoms with Crippen LogP contribution in [0.3, 0.4) is 0 Å². The Balaban J connectivity index is 1.81. The molecule has 1 aliphatic heterocycles. The lowest BCUT2D eigenvalue weighted by atomic mass is 10.1. The summed E-state index contributed by atoms with van der Waals surface area (Å²) in [6.45, 7) is 4.83. The minimum absolute atomic E-state index is 0.0444. The van der Waals surface area contributed by atoms with Crippen molar-refractivity contribution in [2.24, 2.45) is 0 Å². The van der Waals surface area contributed by atoms with E-state index >= 15 is 0 Å². The van der Waals surface area contributed by atoms with Crippen molar-refractivity contribution in [2.75, 3.05) is 37.2 Å². The van der Waals surface area contributed by atoms with Gasteiger partial charge in [0, 0.05) is 50.6 Å². The van der Waals surface area contributed by atoms with Gasteiger partial charge in [-0.1, -0.05) is 6.07 Å².